The summed E-state index contributed by atoms with van der Waals surface area (Å²) in [6, 6.07) is 3.68. The van der Waals surface area contributed by atoms with Crippen LogP contribution in [0.2, 0.25) is 0 Å². The van der Waals surface area contributed by atoms with Crippen LogP contribution in [0.3, 0.4) is 0 Å². The van der Waals surface area contributed by atoms with E-state index in [2.05, 4.69) is 19.8 Å². The maximum Gasteiger partial charge on any atom is 0.268 e. The third-order valence-corrected chi connectivity index (χ3v) is 4.24. The minimum absolute atomic E-state index is 0.0643. The topological polar surface area (TPSA) is 64.3 Å². The van der Waals surface area contributed by atoms with E-state index < -0.39 is 0 Å². The van der Waals surface area contributed by atoms with E-state index in [0.29, 0.717) is 12.2 Å². The van der Waals surface area contributed by atoms with Crippen LogP contribution in [-0.4, -0.2) is 51.7 Å². The Morgan fingerprint density at radius 1 is 1.43 bits per heavy atom. The number of nitrogens with zero attached hydrogens (tertiary/aromatic N) is 4. The van der Waals surface area contributed by atoms with Crippen molar-refractivity contribution in [1.82, 2.24) is 24.3 Å². The molecule has 0 bridgehead atoms. The first-order valence-corrected chi connectivity index (χ1v) is 7.83. The number of carbonyl (C=O) groups excluding carboxylic acids is 1. The average Bonchev–Trinajstić information content (AvgIpc) is 3.16. The molecule has 1 aliphatic heterocycles. The first-order valence-electron chi connectivity index (χ1n) is 7.83. The molecule has 0 fully saturated rings. The van der Waals surface area contributed by atoms with E-state index in [9.17, 15) is 4.79 Å². The van der Waals surface area contributed by atoms with Crippen molar-refractivity contribution in [3.8, 4) is 0 Å². The van der Waals surface area contributed by atoms with Gasteiger partial charge in [-0.05, 0) is 12.1 Å². The summed E-state index contributed by atoms with van der Waals surface area (Å²) in [5, 5.41) is 2.97. The molecule has 7 nitrogen and oxygen atoms in total. The van der Waals surface area contributed by atoms with Crippen molar-refractivity contribution in [2.75, 3.05) is 26.8 Å². The van der Waals surface area contributed by atoms with E-state index in [-0.39, 0.29) is 5.91 Å². The fourth-order valence-electron chi connectivity index (χ4n) is 2.88. The maximum absolute atomic E-state index is 12.2. The molecule has 0 saturated carbocycles. The molecule has 0 aromatic carbocycles. The van der Waals surface area contributed by atoms with Crippen LogP contribution >= 0.6 is 0 Å². The number of aromatic nitrogens is 3. The van der Waals surface area contributed by atoms with Crippen molar-refractivity contribution in [2.45, 2.75) is 19.6 Å². The molecule has 0 atom stereocenters. The monoisotopic (exact) mass is 317 g/mol. The van der Waals surface area contributed by atoms with Crippen LogP contribution in [-0.2, 0) is 31.4 Å². The van der Waals surface area contributed by atoms with E-state index in [4.69, 9.17) is 4.74 Å². The Kier molecular flexibility index (Phi) is 4.78. The van der Waals surface area contributed by atoms with Crippen LogP contribution < -0.4 is 5.32 Å². The molecule has 1 N–H and O–H groups in total. The summed E-state index contributed by atoms with van der Waals surface area (Å²) in [5.74, 6) is 0.987. The quantitative estimate of drug-likeness (QED) is 0.848. The van der Waals surface area contributed by atoms with Gasteiger partial charge in [0.1, 0.15) is 11.5 Å². The van der Waals surface area contributed by atoms with Gasteiger partial charge in [-0.15, -0.1) is 0 Å². The van der Waals surface area contributed by atoms with Crippen molar-refractivity contribution in [1.29, 1.82) is 0 Å². The summed E-state index contributed by atoms with van der Waals surface area (Å²) in [4.78, 5) is 19.0. The molecule has 23 heavy (non-hydrogen) atoms. The van der Waals surface area contributed by atoms with Crippen LogP contribution in [0.5, 0.6) is 0 Å². The Morgan fingerprint density at radius 2 is 2.30 bits per heavy atom. The minimum Gasteiger partial charge on any atom is -0.383 e. The summed E-state index contributed by atoms with van der Waals surface area (Å²) in [5.41, 5.74) is 1.71. The number of ether oxygens (including phenoxy) is 1. The summed E-state index contributed by atoms with van der Waals surface area (Å²) in [6.45, 7) is 4.85. The Morgan fingerprint density at radius 3 is 3.04 bits per heavy atom. The lowest BCUT2D eigenvalue weighted by molar-refractivity contribution is 0.0941. The summed E-state index contributed by atoms with van der Waals surface area (Å²) in [7, 11) is 3.59. The van der Waals surface area contributed by atoms with Crippen LogP contribution in [0, 0.1) is 0 Å². The lowest BCUT2D eigenvalue weighted by Gasteiger charge is -2.28. The molecule has 1 aliphatic rings. The minimum atomic E-state index is -0.0643. The Hall–Kier alpha value is -2.12. The van der Waals surface area contributed by atoms with E-state index in [1.165, 1.54) is 0 Å². The molecule has 2 aromatic rings. The highest BCUT2D eigenvalue weighted by molar-refractivity contribution is 5.92. The molecule has 2 aromatic heterocycles. The molecule has 0 saturated heterocycles. The molecule has 0 radical (unpaired) electrons. The molecule has 3 heterocycles. The second-order valence-electron chi connectivity index (χ2n) is 5.77. The Balaban J connectivity index is 1.60. The fourth-order valence-corrected chi connectivity index (χ4v) is 2.88. The number of carbonyl (C=O) groups is 1. The van der Waals surface area contributed by atoms with Crippen molar-refractivity contribution in [3.63, 3.8) is 0 Å². The maximum atomic E-state index is 12.2. The molecule has 1 amide bonds. The molecule has 0 spiro atoms. The Bertz CT molecular complexity index is 676. The lowest BCUT2D eigenvalue weighted by Crippen LogP contribution is -2.37. The zero-order valence-electron chi connectivity index (χ0n) is 13.7. The van der Waals surface area contributed by atoms with Gasteiger partial charge in [0.05, 0.1) is 31.6 Å². The predicted molar refractivity (Wildman–Crippen MR) is 86.0 cm³/mol. The fraction of sp³-hybridized carbons (Fsp3) is 0.500. The molecule has 3 rings (SSSR count). The van der Waals surface area contributed by atoms with Crippen LogP contribution in [0.15, 0.2) is 24.5 Å². The van der Waals surface area contributed by atoms with Crippen LogP contribution in [0.4, 0.5) is 0 Å². The van der Waals surface area contributed by atoms with Gasteiger partial charge in [0, 0.05) is 40.0 Å². The third-order valence-electron chi connectivity index (χ3n) is 4.24. The van der Waals surface area contributed by atoms with E-state index in [1.807, 2.05) is 36.1 Å². The van der Waals surface area contributed by atoms with Crippen molar-refractivity contribution in [3.05, 3.63) is 41.7 Å². The zero-order chi connectivity index (χ0) is 16.2. The van der Waals surface area contributed by atoms with Gasteiger partial charge >= 0.3 is 0 Å². The van der Waals surface area contributed by atoms with Gasteiger partial charge in [0.2, 0.25) is 0 Å². The van der Waals surface area contributed by atoms with Gasteiger partial charge in [0.25, 0.3) is 5.91 Å². The lowest BCUT2D eigenvalue weighted by atomic mass is 10.3. The largest absolute Gasteiger partial charge is 0.383 e. The number of nitrogens with one attached hydrogen (secondary N) is 1. The van der Waals surface area contributed by atoms with Gasteiger partial charge in [-0.2, -0.15) is 0 Å². The van der Waals surface area contributed by atoms with E-state index in [0.717, 1.165) is 44.3 Å². The summed E-state index contributed by atoms with van der Waals surface area (Å²) in [6.07, 6.45) is 3.73. The second-order valence-corrected chi connectivity index (χ2v) is 5.77. The number of methoxy groups -OCH3 is 1. The van der Waals surface area contributed by atoms with Gasteiger partial charge < -0.3 is 19.2 Å². The van der Waals surface area contributed by atoms with Gasteiger partial charge in [0.15, 0.2) is 0 Å². The van der Waals surface area contributed by atoms with Crippen LogP contribution in [0.25, 0.3) is 0 Å². The van der Waals surface area contributed by atoms with E-state index >= 15 is 0 Å². The summed E-state index contributed by atoms with van der Waals surface area (Å²) < 4.78 is 9.15. The third kappa shape index (κ3) is 3.46. The molecule has 0 aliphatic carbocycles. The molecular formula is C16H23N5O2. The number of aryl methyl sites for hydroxylation is 1. The highest BCUT2D eigenvalue weighted by Crippen LogP contribution is 2.14. The number of amides is 1. The normalized spacial score (nSPS) is 14.7. The number of hydrogen-bond donors (Lipinski definition) is 1. The first kappa shape index (κ1) is 15.8. The van der Waals surface area contributed by atoms with Crippen molar-refractivity contribution >= 4 is 5.91 Å². The van der Waals surface area contributed by atoms with E-state index in [1.54, 1.807) is 7.11 Å². The number of fused-ring (bicyclic) bond motifs is 1. The number of imidazole rings is 1. The first-order chi connectivity index (χ1) is 11.2. The molecule has 7 heteroatoms. The molecule has 0 unspecified atom stereocenters. The standard InChI is InChI=1S/C16H23N5O2/c1-19-5-3-4-14(19)16(22)18-11-13-10-17-15-12-20(8-9-23-2)6-7-21(13)15/h3-5,10H,6-9,11-12H2,1-2H3,(H,18,22). The molecular weight excluding hydrogens is 294 g/mol. The second kappa shape index (κ2) is 6.97. The highest BCUT2D eigenvalue weighted by Gasteiger charge is 2.19. The number of rotatable bonds is 6. The van der Waals surface area contributed by atoms with Gasteiger partial charge in [-0.3, -0.25) is 9.69 Å². The smallest absolute Gasteiger partial charge is 0.268 e. The van der Waals surface area contributed by atoms with Gasteiger partial charge in [-0.25, -0.2) is 4.98 Å². The SMILES string of the molecule is COCCN1CCn2c(CNC(=O)c3cccn3C)cnc2C1. The van der Waals surface area contributed by atoms with Crippen molar-refractivity contribution in [2.24, 2.45) is 7.05 Å². The van der Waals surface area contributed by atoms with Crippen molar-refractivity contribution < 1.29 is 9.53 Å². The summed E-state index contributed by atoms with van der Waals surface area (Å²) >= 11 is 0. The Labute approximate surface area is 135 Å². The zero-order valence-corrected chi connectivity index (χ0v) is 13.7. The highest BCUT2D eigenvalue weighted by atomic mass is 16.5. The molecule has 124 valence electrons. The number of hydrogen-bond acceptors (Lipinski definition) is 4. The van der Waals surface area contributed by atoms with Crippen LogP contribution in [0.1, 0.15) is 22.0 Å². The van der Waals surface area contributed by atoms with Gasteiger partial charge in [-0.1, -0.05) is 0 Å². The predicted octanol–water partition coefficient (Wildman–Crippen LogP) is 0.614. The average molecular weight is 317 g/mol.